The first-order chi connectivity index (χ1) is 6.77. The zero-order chi connectivity index (χ0) is 9.97. The van der Waals surface area contributed by atoms with Crippen LogP contribution in [-0.4, -0.2) is 9.59 Å². The van der Waals surface area contributed by atoms with Crippen molar-refractivity contribution in [2.75, 3.05) is 0 Å². The molecule has 1 heterocycles. The molecule has 0 saturated carbocycles. The molecule has 2 aromatic rings. The van der Waals surface area contributed by atoms with E-state index in [1.807, 2.05) is 0 Å². The summed E-state index contributed by atoms with van der Waals surface area (Å²) >= 11 is 1.43. The number of aromatic nitrogens is 2. The highest BCUT2D eigenvalue weighted by Gasteiger charge is 2.02. The van der Waals surface area contributed by atoms with E-state index in [9.17, 15) is 0 Å². The van der Waals surface area contributed by atoms with E-state index in [2.05, 4.69) is 47.7 Å². The molecule has 72 valence electrons. The molecule has 0 aliphatic heterocycles. The van der Waals surface area contributed by atoms with Gasteiger partial charge in [-0.2, -0.15) is 0 Å². The van der Waals surface area contributed by atoms with Gasteiger partial charge in [-0.3, -0.25) is 0 Å². The third-order valence-corrected chi connectivity index (χ3v) is 2.94. The molecular formula is C11H12N2S. The van der Waals surface area contributed by atoms with Gasteiger partial charge in [-0.25, -0.2) is 0 Å². The topological polar surface area (TPSA) is 25.8 Å². The first kappa shape index (κ1) is 9.34. The second-order valence-electron chi connectivity index (χ2n) is 3.56. The maximum atomic E-state index is 3.85. The monoisotopic (exact) mass is 204 g/mol. The standard InChI is InChI=1S/C11H12N2S/c1-8(2)9-3-5-10(6-4-9)11-7-12-13-14-11/h3-8H,1-2H3. The molecule has 1 aromatic heterocycles. The Kier molecular flexibility index (Phi) is 2.59. The maximum absolute atomic E-state index is 3.85. The molecular weight excluding hydrogens is 192 g/mol. The van der Waals surface area contributed by atoms with E-state index in [0.717, 1.165) is 4.88 Å². The Morgan fingerprint density at radius 1 is 1.14 bits per heavy atom. The van der Waals surface area contributed by atoms with Crippen LogP contribution in [0.25, 0.3) is 10.4 Å². The molecule has 14 heavy (non-hydrogen) atoms. The molecule has 0 aliphatic carbocycles. The molecule has 0 spiro atoms. The van der Waals surface area contributed by atoms with E-state index in [0.29, 0.717) is 5.92 Å². The molecule has 2 rings (SSSR count). The summed E-state index contributed by atoms with van der Waals surface area (Å²) in [5.41, 5.74) is 2.57. The zero-order valence-electron chi connectivity index (χ0n) is 8.27. The summed E-state index contributed by atoms with van der Waals surface area (Å²) in [6.07, 6.45) is 1.80. The van der Waals surface area contributed by atoms with E-state index in [4.69, 9.17) is 0 Å². The fourth-order valence-corrected chi connectivity index (χ4v) is 1.84. The molecule has 0 saturated heterocycles. The quantitative estimate of drug-likeness (QED) is 0.750. The van der Waals surface area contributed by atoms with Crippen molar-refractivity contribution in [2.24, 2.45) is 0 Å². The average Bonchev–Trinajstić information content (AvgIpc) is 2.71. The van der Waals surface area contributed by atoms with Gasteiger partial charge in [0, 0.05) is 0 Å². The van der Waals surface area contributed by atoms with Crippen molar-refractivity contribution >= 4 is 11.5 Å². The summed E-state index contributed by atoms with van der Waals surface area (Å²) in [5, 5.41) is 3.82. The fourth-order valence-electron chi connectivity index (χ4n) is 1.33. The lowest BCUT2D eigenvalue weighted by atomic mass is 10.0. The van der Waals surface area contributed by atoms with Crippen molar-refractivity contribution in [1.82, 2.24) is 9.59 Å². The molecule has 3 heteroatoms. The van der Waals surface area contributed by atoms with Crippen LogP contribution in [0, 0.1) is 0 Å². The van der Waals surface area contributed by atoms with Gasteiger partial charge < -0.3 is 0 Å². The Morgan fingerprint density at radius 3 is 2.36 bits per heavy atom. The van der Waals surface area contributed by atoms with E-state index in [-0.39, 0.29) is 0 Å². The lowest BCUT2D eigenvalue weighted by molar-refractivity contribution is 0.867. The fraction of sp³-hybridized carbons (Fsp3) is 0.273. The third-order valence-electron chi connectivity index (χ3n) is 2.22. The minimum atomic E-state index is 0.587. The van der Waals surface area contributed by atoms with Gasteiger partial charge in [0.15, 0.2) is 0 Å². The highest BCUT2D eigenvalue weighted by molar-refractivity contribution is 7.09. The Morgan fingerprint density at radius 2 is 1.86 bits per heavy atom. The number of hydrogen-bond acceptors (Lipinski definition) is 3. The SMILES string of the molecule is CC(C)c1ccc(-c2cnns2)cc1. The van der Waals surface area contributed by atoms with Crippen LogP contribution in [0.3, 0.4) is 0 Å². The number of hydrogen-bond donors (Lipinski definition) is 0. The normalized spacial score (nSPS) is 10.8. The third kappa shape index (κ3) is 1.82. The van der Waals surface area contributed by atoms with Gasteiger partial charge >= 0.3 is 0 Å². The Bertz CT molecular complexity index is 390. The molecule has 0 amide bonds. The van der Waals surface area contributed by atoms with Crippen molar-refractivity contribution in [1.29, 1.82) is 0 Å². The predicted molar refractivity (Wildman–Crippen MR) is 59.4 cm³/mol. The first-order valence-electron chi connectivity index (χ1n) is 4.65. The highest BCUT2D eigenvalue weighted by atomic mass is 32.1. The minimum Gasteiger partial charge on any atom is -0.146 e. The highest BCUT2D eigenvalue weighted by Crippen LogP contribution is 2.23. The van der Waals surface area contributed by atoms with E-state index >= 15 is 0 Å². The van der Waals surface area contributed by atoms with Crippen LogP contribution < -0.4 is 0 Å². The summed E-state index contributed by atoms with van der Waals surface area (Å²) in [6.45, 7) is 4.40. The summed E-state index contributed by atoms with van der Waals surface area (Å²) in [4.78, 5) is 1.13. The van der Waals surface area contributed by atoms with Crippen LogP contribution in [-0.2, 0) is 0 Å². The van der Waals surface area contributed by atoms with Crippen molar-refractivity contribution < 1.29 is 0 Å². The van der Waals surface area contributed by atoms with Crippen molar-refractivity contribution in [2.45, 2.75) is 19.8 Å². The number of benzene rings is 1. The second-order valence-corrected chi connectivity index (χ2v) is 4.34. The minimum absolute atomic E-state index is 0.587. The zero-order valence-corrected chi connectivity index (χ0v) is 9.08. The van der Waals surface area contributed by atoms with Crippen LogP contribution >= 0.6 is 11.5 Å². The Labute approximate surface area is 87.8 Å². The lowest BCUT2D eigenvalue weighted by Gasteiger charge is -2.04. The van der Waals surface area contributed by atoms with Gasteiger partial charge in [-0.05, 0) is 28.6 Å². The van der Waals surface area contributed by atoms with Crippen LogP contribution in [0.4, 0.5) is 0 Å². The molecule has 2 nitrogen and oxygen atoms in total. The molecule has 0 aliphatic rings. The van der Waals surface area contributed by atoms with Crippen LogP contribution in [0.5, 0.6) is 0 Å². The van der Waals surface area contributed by atoms with Crippen molar-refractivity contribution in [3.63, 3.8) is 0 Å². The van der Waals surface area contributed by atoms with E-state index < -0.39 is 0 Å². The molecule has 0 radical (unpaired) electrons. The van der Waals surface area contributed by atoms with Gasteiger partial charge in [0.1, 0.15) is 0 Å². The lowest BCUT2D eigenvalue weighted by Crippen LogP contribution is -1.85. The van der Waals surface area contributed by atoms with Gasteiger partial charge in [0.2, 0.25) is 0 Å². The van der Waals surface area contributed by atoms with E-state index in [1.165, 1.54) is 22.7 Å². The van der Waals surface area contributed by atoms with Crippen LogP contribution in [0.1, 0.15) is 25.3 Å². The van der Waals surface area contributed by atoms with Crippen molar-refractivity contribution in [3.8, 4) is 10.4 Å². The molecule has 0 fully saturated rings. The number of nitrogens with zero attached hydrogens (tertiary/aromatic N) is 2. The predicted octanol–water partition coefficient (Wildman–Crippen LogP) is 3.33. The second kappa shape index (κ2) is 3.88. The van der Waals surface area contributed by atoms with Crippen LogP contribution in [0.15, 0.2) is 30.5 Å². The van der Waals surface area contributed by atoms with Gasteiger partial charge in [0.05, 0.1) is 11.1 Å². The molecule has 0 atom stereocenters. The largest absolute Gasteiger partial charge is 0.146 e. The summed E-state index contributed by atoms with van der Waals surface area (Å²) in [7, 11) is 0. The number of rotatable bonds is 2. The van der Waals surface area contributed by atoms with E-state index in [1.54, 1.807) is 6.20 Å². The first-order valence-corrected chi connectivity index (χ1v) is 5.42. The molecule has 0 unspecified atom stereocenters. The molecule has 0 bridgehead atoms. The average molecular weight is 204 g/mol. The van der Waals surface area contributed by atoms with Gasteiger partial charge in [-0.1, -0.05) is 42.6 Å². The molecule has 1 aromatic carbocycles. The van der Waals surface area contributed by atoms with Crippen molar-refractivity contribution in [3.05, 3.63) is 36.0 Å². The van der Waals surface area contributed by atoms with Gasteiger partial charge in [-0.15, -0.1) is 5.10 Å². The summed E-state index contributed by atoms with van der Waals surface area (Å²) < 4.78 is 3.85. The van der Waals surface area contributed by atoms with Gasteiger partial charge in [0.25, 0.3) is 0 Å². The smallest absolute Gasteiger partial charge is 0.0753 e. The van der Waals surface area contributed by atoms with Crippen LogP contribution in [0.2, 0.25) is 0 Å². The Balaban J connectivity index is 2.31. The summed E-state index contributed by atoms with van der Waals surface area (Å²) in [6, 6.07) is 8.59. The molecule has 0 N–H and O–H groups in total. The maximum Gasteiger partial charge on any atom is 0.0753 e. The summed E-state index contributed by atoms with van der Waals surface area (Å²) in [5.74, 6) is 0.587. The Hall–Kier alpha value is -1.22.